The quantitative estimate of drug-likeness (QED) is 0.0839. The molecule has 4 N–H and O–H groups in total. The number of carbonyl (C=O) groups excluding carboxylic acids is 4. The maximum Gasteiger partial charge on any atom is 0.308 e. The molecule has 0 spiro atoms. The molecule has 2 aliphatic rings. The summed E-state index contributed by atoms with van der Waals surface area (Å²) in [6, 6.07) is 21.0. The number of esters is 1. The molecular formula is C51H57N9O6S2. The van der Waals surface area contributed by atoms with E-state index in [1.165, 1.54) is 12.0 Å². The molecule has 1 saturated heterocycles. The van der Waals surface area contributed by atoms with Gasteiger partial charge in [0.25, 0.3) is 0 Å². The number of likely N-dealkylation sites (tertiary alicyclic amines) is 1. The van der Waals surface area contributed by atoms with Gasteiger partial charge in [0.05, 0.1) is 54.0 Å². The second-order valence-electron chi connectivity index (χ2n) is 18.6. The number of aliphatic imine (C=N–C) groups is 1. The van der Waals surface area contributed by atoms with Crippen molar-refractivity contribution < 1.29 is 29.0 Å². The van der Waals surface area contributed by atoms with Crippen LogP contribution in [0, 0.1) is 33.1 Å². The van der Waals surface area contributed by atoms with Gasteiger partial charge >= 0.3 is 5.97 Å². The fourth-order valence-electron chi connectivity index (χ4n) is 8.78. The number of rotatable bonds is 13. The van der Waals surface area contributed by atoms with Gasteiger partial charge in [0.2, 0.25) is 17.7 Å². The molecule has 3 aromatic carbocycles. The lowest BCUT2D eigenvalue weighted by Gasteiger charge is -2.35. The number of ether oxygens (including phenoxy) is 1. The van der Waals surface area contributed by atoms with Gasteiger partial charge in [-0.25, -0.2) is 4.98 Å². The van der Waals surface area contributed by atoms with Crippen molar-refractivity contribution in [2.75, 3.05) is 25.5 Å². The lowest BCUT2D eigenvalue weighted by atomic mass is 9.85. The molecule has 17 heteroatoms. The number of aliphatic hydroxyl groups is 1. The van der Waals surface area contributed by atoms with Crippen LogP contribution in [-0.4, -0.2) is 97.5 Å². The second-order valence-corrected chi connectivity index (χ2v) is 20.6. The standard InChI is InChI=1S/C51H57N9O6S2/c1-27-30(4)68-50-43(27)44(55-39(23-42(63)66-9)47-58-57-31(5)60(47)50)35-14-12-33(13-15-35)34-18-20-37(21-19-34)52-24-41(62)56-46(51(6,7)8)49(65)59-25-38(61)22-40(59)48(64)54-28(2)32-10-16-36(17-11-32)45-29(3)53-26-67-45/h10-21,26,28,38-40,46,52,61H,22-25H2,1-9H3,(H,54,64)(H,56,62)/t28-,38+,39-,40-,46?/m0/s1. The first-order chi connectivity index (χ1) is 32.4. The molecule has 2 aliphatic heterocycles. The van der Waals surface area contributed by atoms with Crippen LogP contribution in [0.4, 0.5) is 5.69 Å². The van der Waals surface area contributed by atoms with E-state index in [0.717, 1.165) is 65.1 Å². The van der Waals surface area contributed by atoms with Gasteiger partial charge in [0, 0.05) is 34.7 Å². The number of hydrogen-bond acceptors (Lipinski definition) is 13. The topological polar surface area (TPSA) is 193 Å². The highest BCUT2D eigenvalue weighted by Gasteiger charge is 2.45. The van der Waals surface area contributed by atoms with Crippen molar-refractivity contribution in [3.05, 3.63) is 123 Å². The highest BCUT2D eigenvalue weighted by atomic mass is 32.1. The molecule has 5 heterocycles. The first-order valence-corrected chi connectivity index (χ1v) is 24.3. The highest BCUT2D eigenvalue weighted by molar-refractivity contribution is 7.15. The fraction of sp³-hybridized carbons (Fsp3) is 0.373. The van der Waals surface area contributed by atoms with Crippen LogP contribution in [0.1, 0.15) is 97.1 Å². The van der Waals surface area contributed by atoms with Gasteiger partial charge in [0.1, 0.15) is 29.0 Å². The Kier molecular flexibility index (Phi) is 13.8. The van der Waals surface area contributed by atoms with Crippen LogP contribution < -0.4 is 16.0 Å². The van der Waals surface area contributed by atoms with Crippen LogP contribution in [-0.2, 0) is 23.9 Å². The Morgan fingerprint density at radius 2 is 1.53 bits per heavy atom. The van der Waals surface area contributed by atoms with E-state index in [0.29, 0.717) is 17.3 Å². The number of β-amino-alcohol motifs (C(OH)–C–C–N with tert-alkyl or cyclic N) is 1. The normalized spacial score (nSPS) is 17.6. The third kappa shape index (κ3) is 9.87. The van der Waals surface area contributed by atoms with E-state index in [9.17, 15) is 24.3 Å². The minimum absolute atomic E-state index is 0.0184. The average Bonchev–Trinajstić information content (AvgIpc) is 4.09. The monoisotopic (exact) mass is 955 g/mol. The number of anilines is 1. The first-order valence-electron chi connectivity index (χ1n) is 22.6. The summed E-state index contributed by atoms with van der Waals surface area (Å²) in [7, 11) is 1.37. The molecule has 0 aliphatic carbocycles. The van der Waals surface area contributed by atoms with Gasteiger partial charge in [-0.05, 0) is 80.0 Å². The molecule has 68 heavy (non-hydrogen) atoms. The number of fused-ring (bicyclic) bond motifs is 3. The zero-order chi connectivity index (χ0) is 48.6. The smallest absolute Gasteiger partial charge is 0.308 e. The van der Waals surface area contributed by atoms with E-state index in [1.54, 1.807) is 22.7 Å². The third-order valence-corrected chi connectivity index (χ3v) is 14.9. The molecule has 3 aromatic heterocycles. The van der Waals surface area contributed by atoms with Crippen molar-refractivity contribution in [1.29, 1.82) is 0 Å². The number of benzene rings is 3. The summed E-state index contributed by atoms with van der Waals surface area (Å²) in [5, 5.41) is 29.6. The van der Waals surface area contributed by atoms with Gasteiger partial charge in [0.15, 0.2) is 5.82 Å². The van der Waals surface area contributed by atoms with Crippen molar-refractivity contribution in [3.8, 4) is 26.6 Å². The summed E-state index contributed by atoms with van der Waals surface area (Å²) >= 11 is 3.23. The Morgan fingerprint density at radius 3 is 2.16 bits per heavy atom. The molecule has 8 rings (SSSR count). The van der Waals surface area contributed by atoms with Crippen molar-refractivity contribution in [2.24, 2.45) is 10.4 Å². The predicted molar refractivity (Wildman–Crippen MR) is 265 cm³/mol. The summed E-state index contributed by atoms with van der Waals surface area (Å²) < 4.78 is 7.04. The van der Waals surface area contributed by atoms with Gasteiger partial charge in [-0.2, -0.15) is 0 Å². The van der Waals surface area contributed by atoms with Crippen LogP contribution in [0.5, 0.6) is 0 Å². The van der Waals surface area contributed by atoms with Gasteiger partial charge in [-0.3, -0.25) is 28.7 Å². The number of amides is 3. The van der Waals surface area contributed by atoms with Crippen LogP contribution in [0.2, 0.25) is 0 Å². The van der Waals surface area contributed by atoms with Crippen LogP contribution in [0.3, 0.4) is 0 Å². The third-order valence-electron chi connectivity index (χ3n) is 12.7. The summed E-state index contributed by atoms with van der Waals surface area (Å²) in [6.07, 6.45) is -0.766. The van der Waals surface area contributed by atoms with E-state index in [4.69, 9.17) is 9.73 Å². The molecule has 0 saturated carbocycles. The molecular weight excluding hydrogens is 899 g/mol. The number of aromatic nitrogens is 4. The summed E-state index contributed by atoms with van der Waals surface area (Å²) in [6.45, 7) is 15.4. The molecule has 15 nitrogen and oxygen atoms in total. The molecule has 3 amide bonds. The zero-order valence-electron chi connectivity index (χ0n) is 39.7. The van der Waals surface area contributed by atoms with E-state index in [1.807, 2.05) is 124 Å². The maximum absolute atomic E-state index is 14.2. The molecule has 5 atom stereocenters. The van der Waals surface area contributed by atoms with E-state index in [-0.39, 0.29) is 43.8 Å². The largest absolute Gasteiger partial charge is 0.469 e. The lowest BCUT2D eigenvalue weighted by molar-refractivity contribution is -0.144. The van der Waals surface area contributed by atoms with Crippen LogP contribution >= 0.6 is 22.7 Å². The highest BCUT2D eigenvalue weighted by Crippen LogP contribution is 2.40. The Bertz CT molecular complexity index is 2880. The van der Waals surface area contributed by atoms with Crippen molar-refractivity contribution in [3.63, 3.8) is 0 Å². The lowest BCUT2D eigenvalue weighted by Crippen LogP contribution is -2.58. The second kappa shape index (κ2) is 19.6. The fourth-order valence-corrected chi connectivity index (χ4v) is 10.8. The SMILES string of the molecule is COC(=O)C[C@@H]1N=C(c2ccc(-c3ccc(NCC(=O)NC(C(=O)N4C[C@H](O)C[C@H]4C(=O)N[C@@H](C)c4ccc(-c5scnc5C)cc4)C(C)(C)C)cc3)cc2)c2c(sc(C)c2C)-n2c(C)nnc21. The zero-order valence-corrected chi connectivity index (χ0v) is 41.3. The number of aryl methyl sites for hydroxylation is 3. The van der Waals surface area contributed by atoms with Crippen molar-refractivity contribution in [2.45, 2.75) is 98.5 Å². The average molecular weight is 956 g/mol. The molecule has 0 radical (unpaired) electrons. The number of methoxy groups -OCH3 is 1. The molecule has 1 unspecified atom stereocenters. The van der Waals surface area contributed by atoms with Gasteiger partial charge in [-0.1, -0.05) is 81.4 Å². The number of carbonyl (C=O) groups is 4. The first kappa shape index (κ1) is 47.9. The van der Waals surface area contributed by atoms with Crippen LogP contribution in [0.25, 0.3) is 26.6 Å². The number of hydrogen-bond donors (Lipinski definition) is 4. The summed E-state index contributed by atoms with van der Waals surface area (Å²) in [5.41, 5.74) is 10.4. The van der Waals surface area contributed by atoms with E-state index >= 15 is 0 Å². The molecule has 6 aromatic rings. The number of aliphatic hydroxyl groups excluding tert-OH is 1. The van der Waals surface area contributed by atoms with Gasteiger partial charge < -0.3 is 30.7 Å². The van der Waals surface area contributed by atoms with Crippen molar-refractivity contribution >= 4 is 57.8 Å². The number of nitrogens with zero attached hydrogens (tertiary/aromatic N) is 6. The minimum Gasteiger partial charge on any atom is -0.469 e. The molecule has 0 bridgehead atoms. The molecule has 354 valence electrons. The maximum atomic E-state index is 14.2. The Balaban J connectivity index is 0.905. The summed E-state index contributed by atoms with van der Waals surface area (Å²) in [5.74, 6) is -0.261. The Labute approximate surface area is 404 Å². The minimum atomic E-state index is -0.964. The summed E-state index contributed by atoms with van der Waals surface area (Å²) in [4.78, 5) is 67.2. The number of thiazole rings is 1. The van der Waals surface area contributed by atoms with E-state index < -0.39 is 41.5 Å². The van der Waals surface area contributed by atoms with Crippen molar-refractivity contribution in [1.82, 2.24) is 35.3 Å². The van der Waals surface area contributed by atoms with Gasteiger partial charge in [-0.15, -0.1) is 32.9 Å². The van der Waals surface area contributed by atoms with E-state index in [2.05, 4.69) is 45.0 Å². The number of nitrogens with one attached hydrogen (secondary N) is 3. The Hall–Kier alpha value is -6.56. The predicted octanol–water partition coefficient (Wildman–Crippen LogP) is 7.59. The molecule has 1 fully saturated rings. The van der Waals surface area contributed by atoms with Crippen LogP contribution in [0.15, 0.2) is 83.3 Å². The number of thiophene rings is 1. The Morgan fingerprint density at radius 1 is 0.882 bits per heavy atom.